The Morgan fingerprint density at radius 3 is 2.50 bits per heavy atom. The lowest BCUT2D eigenvalue weighted by molar-refractivity contribution is 0.104. The van der Waals surface area contributed by atoms with E-state index in [2.05, 4.69) is 17.0 Å². The molecule has 0 radical (unpaired) electrons. The highest BCUT2D eigenvalue weighted by molar-refractivity contribution is 6.05. The molecular formula is C19H19NO2. The summed E-state index contributed by atoms with van der Waals surface area (Å²) in [6.45, 7) is 0.964. The fraction of sp³-hybridized carbons (Fsp3) is 0.211. The Morgan fingerprint density at radius 1 is 1.09 bits per heavy atom. The fourth-order valence-electron chi connectivity index (χ4n) is 2.74. The number of carbonyl (C=O) groups excluding carboxylic acids is 1. The molecule has 2 aromatic carbocycles. The van der Waals surface area contributed by atoms with Crippen LogP contribution in [0.4, 0.5) is 5.69 Å². The molecule has 0 aromatic heterocycles. The van der Waals surface area contributed by atoms with E-state index in [1.165, 1.54) is 0 Å². The van der Waals surface area contributed by atoms with Crippen LogP contribution >= 0.6 is 0 Å². The minimum atomic E-state index is 0.0421. The van der Waals surface area contributed by atoms with Gasteiger partial charge >= 0.3 is 0 Å². The largest absolute Gasteiger partial charge is 0.497 e. The van der Waals surface area contributed by atoms with E-state index in [4.69, 9.17) is 4.74 Å². The Balaban J connectivity index is 1.82. The van der Waals surface area contributed by atoms with E-state index in [0.717, 1.165) is 36.5 Å². The van der Waals surface area contributed by atoms with Crippen molar-refractivity contribution in [3.63, 3.8) is 0 Å². The van der Waals surface area contributed by atoms with E-state index in [0.29, 0.717) is 5.56 Å². The summed E-state index contributed by atoms with van der Waals surface area (Å²) in [5.74, 6) is 0.802. The van der Waals surface area contributed by atoms with E-state index in [9.17, 15) is 4.79 Å². The molecular weight excluding hydrogens is 274 g/mol. The number of carbonyl (C=O) groups is 1. The molecule has 1 aliphatic rings. The molecule has 0 atom stereocenters. The van der Waals surface area contributed by atoms with Crippen LogP contribution < -0.4 is 9.64 Å². The monoisotopic (exact) mass is 293 g/mol. The van der Waals surface area contributed by atoms with Gasteiger partial charge in [-0.05, 0) is 49.2 Å². The van der Waals surface area contributed by atoms with Crippen LogP contribution in [0.15, 0.2) is 66.4 Å². The zero-order valence-electron chi connectivity index (χ0n) is 12.7. The average Bonchev–Trinajstić information content (AvgIpc) is 3.04. The first kappa shape index (κ1) is 14.4. The molecule has 0 unspecified atom stereocenters. The van der Waals surface area contributed by atoms with Crippen molar-refractivity contribution in [1.82, 2.24) is 0 Å². The molecule has 0 amide bonds. The average molecular weight is 293 g/mol. The van der Waals surface area contributed by atoms with Crippen LogP contribution in [0.25, 0.3) is 0 Å². The molecule has 0 saturated carbocycles. The predicted molar refractivity (Wildman–Crippen MR) is 88.4 cm³/mol. The lowest BCUT2D eigenvalue weighted by Crippen LogP contribution is -2.17. The molecule has 0 bridgehead atoms. The van der Waals surface area contributed by atoms with Crippen LogP contribution in [-0.2, 0) is 0 Å². The Kier molecular flexibility index (Phi) is 4.24. The highest BCUT2D eigenvalue weighted by Gasteiger charge is 2.19. The summed E-state index contributed by atoms with van der Waals surface area (Å²) in [7, 11) is 1.62. The maximum atomic E-state index is 12.4. The van der Waals surface area contributed by atoms with Gasteiger partial charge in [-0.2, -0.15) is 0 Å². The first-order chi connectivity index (χ1) is 10.8. The number of hydrogen-bond acceptors (Lipinski definition) is 3. The lowest BCUT2D eigenvalue weighted by atomic mass is 10.1. The molecule has 0 N–H and O–H groups in total. The van der Waals surface area contributed by atoms with E-state index in [-0.39, 0.29) is 5.78 Å². The molecule has 1 fully saturated rings. The highest BCUT2D eigenvalue weighted by Crippen LogP contribution is 2.28. The summed E-state index contributed by atoms with van der Waals surface area (Å²) in [5, 5.41) is 0. The lowest BCUT2D eigenvalue weighted by Gasteiger charge is -2.20. The Hall–Kier alpha value is -2.55. The number of allylic oxidation sites excluding steroid dienone is 2. The molecule has 0 spiro atoms. The van der Waals surface area contributed by atoms with Crippen molar-refractivity contribution >= 4 is 11.5 Å². The van der Waals surface area contributed by atoms with Gasteiger partial charge in [0.05, 0.1) is 7.11 Å². The quantitative estimate of drug-likeness (QED) is 0.629. The molecule has 2 aromatic rings. The summed E-state index contributed by atoms with van der Waals surface area (Å²) in [6.07, 6.45) is 3.79. The third-order valence-electron chi connectivity index (χ3n) is 3.90. The van der Waals surface area contributed by atoms with Gasteiger partial charge in [0.1, 0.15) is 5.75 Å². The molecule has 3 nitrogen and oxygen atoms in total. The zero-order valence-corrected chi connectivity index (χ0v) is 12.7. The van der Waals surface area contributed by atoms with Gasteiger partial charge in [0, 0.05) is 29.6 Å². The summed E-state index contributed by atoms with van der Waals surface area (Å²) in [6, 6.07) is 17.5. The number of rotatable bonds is 4. The molecule has 0 aliphatic carbocycles. The second kappa shape index (κ2) is 6.48. The van der Waals surface area contributed by atoms with Gasteiger partial charge in [-0.1, -0.05) is 18.2 Å². The second-order valence-electron chi connectivity index (χ2n) is 5.32. The van der Waals surface area contributed by atoms with Gasteiger partial charge in [0.25, 0.3) is 0 Å². The minimum absolute atomic E-state index is 0.0421. The van der Waals surface area contributed by atoms with Crippen LogP contribution in [0.3, 0.4) is 0 Å². The van der Waals surface area contributed by atoms with E-state index in [1.807, 2.05) is 30.3 Å². The zero-order chi connectivity index (χ0) is 15.4. The van der Waals surface area contributed by atoms with Crippen molar-refractivity contribution in [3.8, 4) is 5.75 Å². The summed E-state index contributed by atoms with van der Waals surface area (Å²) >= 11 is 0. The van der Waals surface area contributed by atoms with Crippen LogP contribution in [0.2, 0.25) is 0 Å². The summed E-state index contributed by atoms with van der Waals surface area (Å²) in [5.41, 5.74) is 2.93. The van der Waals surface area contributed by atoms with Gasteiger partial charge in [0.15, 0.2) is 5.78 Å². The van der Waals surface area contributed by atoms with Crippen molar-refractivity contribution in [2.45, 2.75) is 12.8 Å². The third-order valence-corrected chi connectivity index (χ3v) is 3.90. The summed E-state index contributed by atoms with van der Waals surface area (Å²) in [4.78, 5) is 14.7. The normalized spacial score (nSPS) is 16.0. The van der Waals surface area contributed by atoms with Gasteiger partial charge in [-0.25, -0.2) is 0 Å². The molecule has 3 heteroatoms. The third kappa shape index (κ3) is 3.03. The number of hydrogen-bond donors (Lipinski definition) is 0. The first-order valence-electron chi connectivity index (χ1n) is 7.49. The van der Waals surface area contributed by atoms with Crippen molar-refractivity contribution in [1.29, 1.82) is 0 Å². The number of benzene rings is 2. The maximum absolute atomic E-state index is 12.4. The minimum Gasteiger partial charge on any atom is -0.497 e. The Morgan fingerprint density at radius 2 is 1.82 bits per heavy atom. The summed E-state index contributed by atoms with van der Waals surface area (Å²) < 4.78 is 5.12. The molecule has 22 heavy (non-hydrogen) atoms. The number of methoxy groups -OCH3 is 1. The maximum Gasteiger partial charge on any atom is 0.187 e. The first-order valence-corrected chi connectivity index (χ1v) is 7.49. The second-order valence-corrected chi connectivity index (χ2v) is 5.32. The van der Waals surface area contributed by atoms with E-state index < -0.39 is 0 Å². The smallest absolute Gasteiger partial charge is 0.187 e. The van der Waals surface area contributed by atoms with Gasteiger partial charge < -0.3 is 9.64 Å². The van der Waals surface area contributed by atoms with Crippen LogP contribution in [0.5, 0.6) is 5.75 Å². The van der Waals surface area contributed by atoms with E-state index >= 15 is 0 Å². The standard InChI is InChI=1S/C19H19NO2/c1-22-18-11-9-15(10-12-18)19(21)14-17-8-5-13-20(17)16-6-3-2-4-7-16/h2-4,6-7,9-12,14H,5,8,13H2,1H3/b17-14+. The number of para-hydroxylation sites is 1. The molecule has 1 heterocycles. The number of nitrogens with zero attached hydrogens (tertiary/aromatic N) is 1. The van der Waals surface area contributed by atoms with Crippen LogP contribution in [-0.4, -0.2) is 19.4 Å². The van der Waals surface area contributed by atoms with Crippen molar-refractivity contribution in [3.05, 3.63) is 71.9 Å². The van der Waals surface area contributed by atoms with Gasteiger partial charge in [0.2, 0.25) is 0 Å². The number of ketones is 1. The van der Waals surface area contributed by atoms with E-state index in [1.54, 1.807) is 25.3 Å². The predicted octanol–water partition coefficient (Wildman–Crippen LogP) is 4.06. The fourth-order valence-corrected chi connectivity index (χ4v) is 2.74. The molecule has 112 valence electrons. The molecule has 1 saturated heterocycles. The van der Waals surface area contributed by atoms with Crippen LogP contribution in [0, 0.1) is 0 Å². The topological polar surface area (TPSA) is 29.5 Å². The highest BCUT2D eigenvalue weighted by atomic mass is 16.5. The van der Waals surface area contributed by atoms with Crippen molar-refractivity contribution in [2.24, 2.45) is 0 Å². The molecule has 3 rings (SSSR count). The van der Waals surface area contributed by atoms with Gasteiger partial charge in [-0.3, -0.25) is 4.79 Å². The Labute approximate surface area is 130 Å². The number of anilines is 1. The molecule has 1 aliphatic heterocycles. The Bertz CT molecular complexity index is 674. The number of ether oxygens (including phenoxy) is 1. The SMILES string of the molecule is COc1ccc(C(=O)/C=C2\CCCN2c2ccccc2)cc1. The van der Waals surface area contributed by atoms with Crippen molar-refractivity contribution < 1.29 is 9.53 Å². The van der Waals surface area contributed by atoms with Gasteiger partial charge in [-0.15, -0.1) is 0 Å². The van der Waals surface area contributed by atoms with Crippen molar-refractivity contribution in [2.75, 3.05) is 18.6 Å². The van der Waals surface area contributed by atoms with Crippen LogP contribution in [0.1, 0.15) is 23.2 Å².